The Hall–Kier alpha value is -4.42. The second-order valence-corrected chi connectivity index (χ2v) is 8.96. The van der Waals surface area contributed by atoms with Gasteiger partial charge in [0.1, 0.15) is 5.58 Å². The highest BCUT2D eigenvalue weighted by Crippen LogP contribution is 2.29. The summed E-state index contributed by atoms with van der Waals surface area (Å²) in [7, 11) is 0. The van der Waals surface area contributed by atoms with Crippen LogP contribution < -0.4 is 5.56 Å². The van der Waals surface area contributed by atoms with Crippen LogP contribution in [-0.4, -0.2) is 20.4 Å². The molecule has 3 heterocycles. The van der Waals surface area contributed by atoms with Gasteiger partial charge in [0.15, 0.2) is 5.76 Å². The van der Waals surface area contributed by atoms with Gasteiger partial charge in [-0.1, -0.05) is 48.0 Å². The van der Waals surface area contributed by atoms with Crippen molar-refractivity contribution in [3.63, 3.8) is 0 Å². The van der Waals surface area contributed by atoms with Crippen molar-refractivity contribution >= 4 is 50.6 Å². The fourth-order valence-electron chi connectivity index (χ4n) is 4.62. The van der Waals surface area contributed by atoms with Crippen LogP contribution in [0.4, 0.5) is 0 Å². The molecule has 0 fully saturated rings. The van der Waals surface area contributed by atoms with Crippen LogP contribution in [0.3, 0.4) is 0 Å². The molecule has 6 nitrogen and oxygen atoms in total. The predicted molar refractivity (Wildman–Crippen MR) is 146 cm³/mol. The van der Waals surface area contributed by atoms with Gasteiger partial charge in [-0.3, -0.25) is 4.79 Å². The van der Waals surface area contributed by atoms with Gasteiger partial charge in [-0.2, -0.15) is 9.78 Å². The van der Waals surface area contributed by atoms with Crippen molar-refractivity contribution in [1.29, 1.82) is 0 Å². The minimum atomic E-state index is -0.280. The molecule has 0 saturated heterocycles. The van der Waals surface area contributed by atoms with E-state index >= 15 is 0 Å². The number of nitrogens with zero attached hydrogens (tertiary/aromatic N) is 4. The second-order valence-electron chi connectivity index (χ2n) is 8.52. The number of benzene rings is 3. The first-order valence-corrected chi connectivity index (χ1v) is 11.9. The van der Waals surface area contributed by atoms with E-state index in [1.807, 2.05) is 49.4 Å². The Kier molecular flexibility index (Phi) is 5.31. The zero-order valence-corrected chi connectivity index (χ0v) is 20.2. The fraction of sp³-hybridized carbons (Fsp3) is 0.0690. The largest absolute Gasteiger partial charge is 0.453 e. The molecule has 0 radical (unpaired) electrons. The molecule has 6 rings (SSSR count). The van der Waals surface area contributed by atoms with Crippen molar-refractivity contribution in [1.82, 2.24) is 14.2 Å². The monoisotopic (exact) mass is 492 g/mol. The maximum Gasteiger partial charge on any atom is 0.282 e. The van der Waals surface area contributed by atoms with E-state index in [2.05, 4.69) is 28.4 Å². The number of fused-ring (bicyclic) bond motifs is 3. The van der Waals surface area contributed by atoms with Crippen LogP contribution in [0, 0.1) is 6.92 Å². The summed E-state index contributed by atoms with van der Waals surface area (Å²) in [5.41, 5.74) is 3.97. The molecule has 0 amide bonds. The normalized spacial score (nSPS) is 11.8. The molecule has 0 atom stereocenters. The molecule has 0 aliphatic rings. The highest BCUT2D eigenvalue weighted by molar-refractivity contribution is 6.31. The Bertz CT molecular complexity index is 1890. The Labute approximate surface area is 211 Å². The lowest BCUT2D eigenvalue weighted by Crippen LogP contribution is -2.20. The van der Waals surface area contributed by atoms with Gasteiger partial charge in [-0.05, 0) is 49.4 Å². The fourth-order valence-corrected chi connectivity index (χ4v) is 4.80. The number of rotatable bonds is 5. The summed E-state index contributed by atoms with van der Waals surface area (Å²) in [6.45, 7) is 6.60. The molecule has 0 N–H and O–H groups in total. The highest BCUT2D eigenvalue weighted by Gasteiger charge is 2.17. The summed E-state index contributed by atoms with van der Waals surface area (Å²) < 4.78 is 9.55. The van der Waals surface area contributed by atoms with Crippen molar-refractivity contribution < 1.29 is 4.42 Å². The molecule has 3 aromatic heterocycles. The van der Waals surface area contributed by atoms with Crippen LogP contribution in [0.2, 0.25) is 5.02 Å². The van der Waals surface area contributed by atoms with E-state index in [0.717, 1.165) is 27.5 Å². The van der Waals surface area contributed by atoms with Crippen molar-refractivity contribution in [2.75, 3.05) is 0 Å². The lowest BCUT2D eigenvalue weighted by Gasteiger charge is -2.07. The summed E-state index contributed by atoms with van der Waals surface area (Å²) in [6, 6.07) is 22.5. The van der Waals surface area contributed by atoms with E-state index in [9.17, 15) is 4.79 Å². The molecule has 0 spiro atoms. The Morgan fingerprint density at radius 2 is 1.83 bits per heavy atom. The third-order valence-electron chi connectivity index (χ3n) is 6.35. The Morgan fingerprint density at radius 3 is 2.67 bits per heavy atom. The number of hydrogen-bond acceptors (Lipinski definition) is 4. The van der Waals surface area contributed by atoms with Gasteiger partial charge in [0.05, 0.1) is 17.1 Å². The molecule has 176 valence electrons. The average Bonchev–Trinajstić information content (AvgIpc) is 3.42. The maximum absolute atomic E-state index is 13.6. The first kappa shape index (κ1) is 22.1. The first-order chi connectivity index (χ1) is 17.5. The number of allylic oxidation sites excluding steroid dienone is 1. The van der Waals surface area contributed by atoms with E-state index in [-0.39, 0.29) is 5.56 Å². The van der Waals surface area contributed by atoms with Crippen LogP contribution in [0.15, 0.2) is 99.8 Å². The Balaban J connectivity index is 1.59. The van der Waals surface area contributed by atoms with Gasteiger partial charge in [0.25, 0.3) is 5.56 Å². The van der Waals surface area contributed by atoms with Crippen LogP contribution in [0.1, 0.15) is 11.3 Å². The predicted octanol–water partition coefficient (Wildman–Crippen LogP) is 6.79. The molecule has 3 aromatic carbocycles. The molecule has 0 bridgehead atoms. The third kappa shape index (κ3) is 3.54. The van der Waals surface area contributed by atoms with Gasteiger partial charge >= 0.3 is 0 Å². The zero-order valence-electron chi connectivity index (χ0n) is 19.5. The molecule has 0 saturated carbocycles. The van der Waals surface area contributed by atoms with Crippen LogP contribution in [0.5, 0.6) is 0 Å². The molecular formula is C29H21ClN4O2. The van der Waals surface area contributed by atoms with Crippen LogP contribution >= 0.6 is 11.6 Å². The summed E-state index contributed by atoms with van der Waals surface area (Å²) in [5, 5.41) is 7.60. The summed E-state index contributed by atoms with van der Waals surface area (Å²) >= 11 is 6.17. The standard InChI is InChI=1S/C29H21ClN4O2/c1-3-14-33-18(2)23(21-8-5-7-11-25(21)33)17-31-34-28(32-24-10-6-4-9-22(24)29(34)35)27-16-19-15-20(30)12-13-26(19)36-27/h3-13,15-17H,1,14H2,2H3. The summed E-state index contributed by atoms with van der Waals surface area (Å²) in [5.74, 6) is 0.743. The van der Waals surface area contributed by atoms with Crippen LogP contribution in [0.25, 0.3) is 44.4 Å². The van der Waals surface area contributed by atoms with Gasteiger partial charge in [-0.15, -0.1) is 6.58 Å². The second kappa shape index (κ2) is 8.66. The number of aromatic nitrogens is 3. The molecular weight excluding hydrogens is 472 g/mol. The van der Waals surface area contributed by atoms with Crippen molar-refractivity contribution in [2.24, 2.45) is 5.10 Å². The van der Waals surface area contributed by atoms with E-state index in [4.69, 9.17) is 21.0 Å². The molecule has 0 unspecified atom stereocenters. The Morgan fingerprint density at radius 1 is 1.06 bits per heavy atom. The quantitative estimate of drug-likeness (QED) is 0.196. The molecule has 36 heavy (non-hydrogen) atoms. The van der Waals surface area contributed by atoms with Crippen molar-refractivity contribution in [3.8, 4) is 11.6 Å². The number of hydrogen-bond donors (Lipinski definition) is 0. The lowest BCUT2D eigenvalue weighted by molar-refractivity contribution is 0.616. The lowest BCUT2D eigenvalue weighted by atomic mass is 10.1. The SMILES string of the molecule is C=CCn1c(C)c(C=Nn2c(-c3cc4cc(Cl)ccc4o3)nc3ccccc3c2=O)c2ccccc21. The number of para-hydroxylation sites is 2. The first-order valence-electron chi connectivity index (χ1n) is 11.5. The number of furan rings is 1. The average molecular weight is 493 g/mol. The van der Waals surface area contributed by atoms with Crippen molar-refractivity contribution in [3.05, 3.63) is 112 Å². The van der Waals surface area contributed by atoms with Crippen molar-refractivity contribution in [2.45, 2.75) is 13.5 Å². The van der Waals surface area contributed by atoms with E-state index in [1.165, 1.54) is 4.68 Å². The van der Waals surface area contributed by atoms with Gasteiger partial charge in [0, 0.05) is 39.1 Å². The molecule has 0 aliphatic heterocycles. The molecule has 6 aromatic rings. The van der Waals surface area contributed by atoms with E-state index in [0.29, 0.717) is 39.6 Å². The highest BCUT2D eigenvalue weighted by atomic mass is 35.5. The van der Waals surface area contributed by atoms with E-state index in [1.54, 1.807) is 30.5 Å². The van der Waals surface area contributed by atoms with Gasteiger partial charge in [0.2, 0.25) is 5.82 Å². The smallest absolute Gasteiger partial charge is 0.282 e. The minimum Gasteiger partial charge on any atom is -0.453 e. The van der Waals surface area contributed by atoms with Crippen LogP contribution in [-0.2, 0) is 6.54 Å². The zero-order chi connectivity index (χ0) is 24.8. The number of halogens is 1. The topological polar surface area (TPSA) is 65.3 Å². The minimum absolute atomic E-state index is 0.280. The summed E-state index contributed by atoms with van der Waals surface area (Å²) in [4.78, 5) is 18.4. The maximum atomic E-state index is 13.6. The summed E-state index contributed by atoms with van der Waals surface area (Å²) in [6.07, 6.45) is 3.59. The van der Waals surface area contributed by atoms with Gasteiger partial charge < -0.3 is 8.98 Å². The van der Waals surface area contributed by atoms with Gasteiger partial charge in [-0.25, -0.2) is 4.98 Å². The third-order valence-corrected chi connectivity index (χ3v) is 6.58. The molecule has 7 heteroatoms. The molecule has 0 aliphatic carbocycles. The van der Waals surface area contributed by atoms with E-state index < -0.39 is 0 Å².